The first kappa shape index (κ1) is 14.8. The maximum Gasteiger partial charge on any atom is 0.440 e. The Labute approximate surface area is 97.9 Å². The molecular formula is C12H23N2O2+. The Hall–Kier alpha value is -1.24. The first-order chi connectivity index (χ1) is 7.76. The van der Waals surface area contributed by atoms with Crippen LogP contribution in [0, 0.1) is 5.39 Å². The molecular weight excluding hydrogens is 204 g/mol. The van der Waals surface area contributed by atoms with Crippen molar-refractivity contribution in [3.8, 4) is 0 Å². The number of rotatable bonds is 9. The number of nitrogens with zero attached hydrogens (tertiary/aromatic N) is 2. The van der Waals surface area contributed by atoms with Crippen LogP contribution in [0.25, 0.3) is 4.98 Å². The quantitative estimate of drug-likeness (QED) is 0.362. The van der Waals surface area contributed by atoms with Gasteiger partial charge in [-0.15, -0.1) is 0 Å². The van der Waals surface area contributed by atoms with E-state index in [2.05, 4.69) is 16.6 Å². The van der Waals surface area contributed by atoms with E-state index in [1.54, 1.807) is 0 Å². The first-order valence-electron chi connectivity index (χ1n) is 6.07. The van der Waals surface area contributed by atoms with Gasteiger partial charge in [0, 0.05) is 0 Å². The maximum atomic E-state index is 9.19. The largest absolute Gasteiger partial charge is 0.475 e. The highest BCUT2D eigenvalue weighted by Gasteiger charge is 2.18. The van der Waals surface area contributed by atoms with Gasteiger partial charge in [0.25, 0.3) is 0 Å². The fraction of sp³-hybridized carbons (Fsp3) is 0.833. The average molecular weight is 227 g/mol. The highest BCUT2D eigenvalue weighted by atomic mass is 16.6. The van der Waals surface area contributed by atoms with Crippen LogP contribution in [0.5, 0.6) is 0 Å². The average Bonchev–Trinajstić information content (AvgIpc) is 2.32. The summed E-state index contributed by atoms with van der Waals surface area (Å²) in [6.07, 6.45) is 8.90. The van der Waals surface area contributed by atoms with Crippen molar-refractivity contribution in [1.29, 1.82) is 5.39 Å². The lowest BCUT2D eigenvalue weighted by Gasteiger charge is -1.98. The van der Waals surface area contributed by atoms with Crippen LogP contribution in [-0.2, 0) is 4.74 Å². The summed E-state index contributed by atoms with van der Waals surface area (Å²) in [6.45, 7) is 2.20. The predicted octanol–water partition coefficient (Wildman–Crippen LogP) is 4.35. The van der Waals surface area contributed by atoms with Crippen LogP contribution in [0.2, 0.25) is 0 Å². The highest BCUT2D eigenvalue weighted by Crippen LogP contribution is 2.15. The number of hydrogen-bond donors (Lipinski definition) is 1. The van der Waals surface area contributed by atoms with E-state index in [0.29, 0.717) is 6.42 Å². The number of methoxy groups -OCH3 is 1. The van der Waals surface area contributed by atoms with Crippen LogP contribution in [-0.4, -0.2) is 12.2 Å². The molecule has 1 N–H and O–H groups in total. The minimum Gasteiger partial charge on any atom is -0.475 e. The summed E-state index contributed by atoms with van der Waals surface area (Å²) in [5.74, 6) is -0.284. The van der Waals surface area contributed by atoms with Crippen LogP contribution in [0.4, 0.5) is 0 Å². The Balaban J connectivity index is 3.54. The molecule has 0 saturated heterocycles. The monoisotopic (exact) mass is 227 g/mol. The van der Waals surface area contributed by atoms with Crippen molar-refractivity contribution < 1.29 is 9.84 Å². The SMILES string of the molecule is CCCCCCCCC/C([N+]#N)=C(/O)OC. The Bertz CT molecular complexity index is 244. The minimum atomic E-state index is -0.284. The molecule has 0 bridgehead atoms. The molecule has 0 atom stereocenters. The van der Waals surface area contributed by atoms with E-state index in [1.807, 2.05) is 0 Å². The van der Waals surface area contributed by atoms with Gasteiger partial charge in [-0.25, -0.2) is 0 Å². The summed E-state index contributed by atoms with van der Waals surface area (Å²) in [5, 5.41) is 17.8. The zero-order valence-corrected chi connectivity index (χ0v) is 10.4. The van der Waals surface area contributed by atoms with Gasteiger partial charge in [-0.1, -0.05) is 45.4 Å². The Kier molecular flexibility index (Phi) is 9.49. The van der Waals surface area contributed by atoms with Gasteiger partial charge < -0.3 is 9.84 Å². The van der Waals surface area contributed by atoms with E-state index in [1.165, 1.54) is 39.2 Å². The van der Waals surface area contributed by atoms with E-state index in [-0.39, 0.29) is 11.6 Å². The molecule has 0 radical (unpaired) electrons. The van der Waals surface area contributed by atoms with E-state index < -0.39 is 0 Å². The molecule has 16 heavy (non-hydrogen) atoms. The van der Waals surface area contributed by atoms with E-state index >= 15 is 0 Å². The lowest BCUT2D eigenvalue weighted by Crippen LogP contribution is -1.91. The van der Waals surface area contributed by atoms with Crippen LogP contribution < -0.4 is 0 Å². The molecule has 4 heteroatoms. The van der Waals surface area contributed by atoms with Crippen LogP contribution in [0.1, 0.15) is 58.3 Å². The zero-order valence-electron chi connectivity index (χ0n) is 10.4. The van der Waals surface area contributed by atoms with Crippen molar-refractivity contribution in [1.82, 2.24) is 0 Å². The second-order valence-corrected chi connectivity index (χ2v) is 3.93. The van der Waals surface area contributed by atoms with Crippen LogP contribution >= 0.6 is 0 Å². The summed E-state index contributed by atoms with van der Waals surface area (Å²) >= 11 is 0. The number of hydrogen-bond acceptors (Lipinski definition) is 3. The standard InChI is InChI=1S/C12H22N2O2/c1-3-4-5-6-7-8-9-10-11(14-13)12(15)16-2/h3-10H2,1-2H3/p+1/b12-11+. The molecule has 4 nitrogen and oxygen atoms in total. The Morgan fingerprint density at radius 3 is 2.19 bits per heavy atom. The van der Waals surface area contributed by atoms with Crippen LogP contribution in [0.15, 0.2) is 11.6 Å². The molecule has 0 aromatic carbocycles. The second kappa shape index (κ2) is 10.3. The lowest BCUT2D eigenvalue weighted by atomic mass is 10.1. The summed E-state index contributed by atoms with van der Waals surface area (Å²) in [4.78, 5) is 3.01. The molecule has 0 aliphatic carbocycles. The van der Waals surface area contributed by atoms with Crippen LogP contribution in [0.3, 0.4) is 0 Å². The Morgan fingerprint density at radius 1 is 1.12 bits per heavy atom. The molecule has 0 aromatic heterocycles. The van der Waals surface area contributed by atoms with Gasteiger partial charge in [-0.3, -0.25) is 0 Å². The molecule has 0 saturated carbocycles. The van der Waals surface area contributed by atoms with Gasteiger partial charge >= 0.3 is 11.6 Å². The number of aliphatic hydroxyl groups is 1. The molecule has 92 valence electrons. The highest BCUT2D eigenvalue weighted by molar-refractivity contribution is 5.08. The van der Waals surface area contributed by atoms with Crippen molar-refractivity contribution >= 4 is 0 Å². The third kappa shape index (κ3) is 7.10. The number of allylic oxidation sites excluding steroid dienone is 1. The van der Waals surface area contributed by atoms with Crippen molar-refractivity contribution in [2.24, 2.45) is 0 Å². The molecule has 0 aliphatic heterocycles. The predicted molar refractivity (Wildman–Crippen MR) is 64.4 cm³/mol. The van der Waals surface area contributed by atoms with Crippen molar-refractivity contribution in [2.75, 3.05) is 7.11 Å². The minimum absolute atomic E-state index is 0.232. The molecule has 0 rings (SSSR count). The van der Waals surface area contributed by atoms with E-state index in [0.717, 1.165) is 12.8 Å². The summed E-state index contributed by atoms with van der Waals surface area (Å²) < 4.78 is 4.59. The number of diazo groups is 1. The third-order valence-corrected chi connectivity index (χ3v) is 2.58. The molecule has 0 amide bonds. The summed E-state index contributed by atoms with van der Waals surface area (Å²) in [6, 6.07) is 0. The smallest absolute Gasteiger partial charge is 0.440 e. The molecule has 0 unspecified atom stereocenters. The fourth-order valence-electron chi connectivity index (χ4n) is 1.57. The normalized spacial score (nSPS) is 11.8. The topological polar surface area (TPSA) is 57.6 Å². The van der Waals surface area contributed by atoms with Gasteiger partial charge in [0.15, 0.2) is 4.98 Å². The molecule has 0 fully saturated rings. The van der Waals surface area contributed by atoms with Gasteiger partial charge in [-0.2, -0.15) is 0 Å². The fourth-order valence-corrected chi connectivity index (χ4v) is 1.57. The third-order valence-electron chi connectivity index (χ3n) is 2.58. The molecule has 0 aromatic rings. The van der Waals surface area contributed by atoms with Crippen molar-refractivity contribution in [3.05, 3.63) is 16.6 Å². The van der Waals surface area contributed by atoms with Gasteiger partial charge in [0.2, 0.25) is 5.39 Å². The number of aliphatic hydroxyl groups excluding tert-OH is 1. The lowest BCUT2D eigenvalue weighted by molar-refractivity contribution is 0.131. The Morgan fingerprint density at radius 2 is 1.69 bits per heavy atom. The van der Waals surface area contributed by atoms with Gasteiger partial charge in [-0.05, 0) is 6.42 Å². The molecule has 0 heterocycles. The van der Waals surface area contributed by atoms with E-state index in [9.17, 15) is 5.11 Å². The van der Waals surface area contributed by atoms with Gasteiger partial charge in [0.1, 0.15) is 0 Å². The number of ether oxygens (including phenoxy) is 1. The molecule has 0 aliphatic rings. The summed E-state index contributed by atoms with van der Waals surface area (Å²) in [5.41, 5.74) is 0.232. The number of unbranched alkanes of at least 4 members (excludes halogenated alkanes) is 6. The second-order valence-electron chi connectivity index (χ2n) is 3.93. The summed E-state index contributed by atoms with van der Waals surface area (Å²) in [7, 11) is 1.35. The molecule has 0 spiro atoms. The maximum absolute atomic E-state index is 9.19. The zero-order chi connectivity index (χ0) is 12.2. The van der Waals surface area contributed by atoms with Crippen molar-refractivity contribution in [3.63, 3.8) is 0 Å². The van der Waals surface area contributed by atoms with E-state index in [4.69, 9.17) is 5.39 Å². The van der Waals surface area contributed by atoms with Gasteiger partial charge in [0.05, 0.1) is 13.5 Å². The first-order valence-corrected chi connectivity index (χ1v) is 6.07. The van der Waals surface area contributed by atoms with Crippen molar-refractivity contribution in [2.45, 2.75) is 58.3 Å².